The molecule has 7 heteroatoms. The summed E-state index contributed by atoms with van der Waals surface area (Å²) in [5.74, 6) is -0.294. The molecule has 1 fully saturated rings. The van der Waals surface area contributed by atoms with Crippen molar-refractivity contribution in [1.82, 2.24) is 10.2 Å². The third-order valence-electron chi connectivity index (χ3n) is 4.81. The average Bonchev–Trinajstić information content (AvgIpc) is 2.69. The van der Waals surface area contributed by atoms with Crippen molar-refractivity contribution in [3.8, 4) is 0 Å². The molecule has 5 nitrogen and oxygen atoms in total. The van der Waals surface area contributed by atoms with Crippen molar-refractivity contribution in [3.63, 3.8) is 0 Å². The van der Waals surface area contributed by atoms with Crippen molar-refractivity contribution in [3.05, 3.63) is 65.5 Å². The Bertz CT molecular complexity index is 877. The highest BCUT2D eigenvalue weighted by Gasteiger charge is 2.23. The van der Waals surface area contributed by atoms with Gasteiger partial charge in [0.05, 0.1) is 11.3 Å². The van der Waals surface area contributed by atoms with Crippen LogP contribution < -0.4 is 10.6 Å². The molecule has 0 aliphatic carbocycles. The van der Waals surface area contributed by atoms with Crippen LogP contribution in [0.3, 0.4) is 0 Å². The number of benzene rings is 2. The van der Waals surface area contributed by atoms with Crippen molar-refractivity contribution in [1.29, 1.82) is 0 Å². The van der Waals surface area contributed by atoms with E-state index < -0.39 is 11.7 Å². The van der Waals surface area contributed by atoms with Crippen molar-refractivity contribution in [2.45, 2.75) is 19.8 Å². The van der Waals surface area contributed by atoms with Crippen LogP contribution in [-0.4, -0.2) is 34.9 Å². The number of hydrogen-bond donors (Lipinski definition) is 2. The Hall–Kier alpha value is -2.80. The van der Waals surface area contributed by atoms with Crippen molar-refractivity contribution < 1.29 is 14.0 Å². The number of carbonyl (C=O) groups is 2. The SMILES string of the molecule is CC1CCN(C(=O)c2ccccc2NC(=S)NC(=O)c2ccc(F)cc2)CC1. The van der Waals surface area contributed by atoms with E-state index in [0.717, 1.165) is 25.9 Å². The Morgan fingerprint density at radius 1 is 1.07 bits per heavy atom. The summed E-state index contributed by atoms with van der Waals surface area (Å²) in [5, 5.41) is 5.55. The Morgan fingerprint density at radius 2 is 1.71 bits per heavy atom. The van der Waals surface area contributed by atoms with E-state index in [0.29, 0.717) is 17.2 Å². The number of nitrogens with one attached hydrogen (secondary N) is 2. The Kier molecular flexibility index (Phi) is 6.36. The van der Waals surface area contributed by atoms with Gasteiger partial charge in [-0.05, 0) is 67.4 Å². The molecule has 1 aliphatic heterocycles. The van der Waals surface area contributed by atoms with Crippen LogP contribution in [0, 0.1) is 11.7 Å². The van der Waals surface area contributed by atoms with Crippen LogP contribution in [-0.2, 0) is 0 Å². The predicted molar refractivity (Wildman–Crippen MR) is 111 cm³/mol. The maximum Gasteiger partial charge on any atom is 0.257 e. The lowest BCUT2D eigenvalue weighted by Gasteiger charge is -2.30. The minimum absolute atomic E-state index is 0.0531. The Morgan fingerprint density at radius 3 is 2.39 bits per heavy atom. The van der Waals surface area contributed by atoms with Crippen molar-refractivity contribution in [2.24, 2.45) is 5.92 Å². The summed E-state index contributed by atoms with van der Waals surface area (Å²) >= 11 is 5.21. The summed E-state index contributed by atoms with van der Waals surface area (Å²) in [4.78, 5) is 27.0. The molecule has 2 aromatic carbocycles. The molecule has 0 radical (unpaired) electrons. The predicted octanol–water partition coefficient (Wildman–Crippen LogP) is 3.82. The fourth-order valence-corrected chi connectivity index (χ4v) is 3.29. The molecular weight excluding hydrogens is 377 g/mol. The van der Waals surface area contributed by atoms with Gasteiger partial charge in [-0.2, -0.15) is 0 Å². The highest BCUT2D eigenvalue weighted by Crippen LogP contribution is 2.22. The van der Waals surface area contributed by atoms with E-state index in [-0.39, 0.29) is 16.6 Å². The molecule has 0 atom stereocenters. The summed E-state index contributed by atoms with van der Waals surface area (Å²) in [6.45, 7) is 3.67. The number of carbonyl (C=O) groups excluding carboxylic acids is 2. The average molecular weight is 399 g/mol. The number of halogens is 1. The van der Waals surface area contributed by atoms with Gasteiger partial charge in [0.2, 0.25) is 0 Å². The molecule has 2 aromatic rings. The number of piperidine rings is 1. The fraction of sp³-hybridized carbons (Fsp3) is 0.286. The topological polar surface area (TPSA) is 61.4 Å². The fourth-order valence-electron chi connectivity index (χ4n) is 3.09. The van der Waals surface area contributed by atoms with Gasteiger partial charge in [-0.25, -0.2) is 4.39 Å². The number of likely N-dealkylation sites (tertiary alicyclic amines) is 1. The molecule has 2 amide bonds. The third kappa shape index (κ3) is 4.92. The summed E-state index contributed by atoms with van der Waals surface area (Å²) in [6.07, 6.45) is 1.99. The number of amides is 2. The van der Waals surface area contributed by atoms with Crippen molar-refractivity contribution >= 4 is 34.8 Å². The van der Waals surface area contributed by atoms with E-state index in [1.165, 1.54) is 24.3 Å². The smallest absolute Gasteiger partial charge is 0.257 e. The van der Waals surface area contributed by atoms with Gasteiger partial charge in [-0.1, -0.05) is 19.1 Å². The third-order valence-corrected chi connectivity index (χ3v) is 5.01. The van der Waals surface area contributed by atoms with Crippen LogP contribution in [0.5, 0.6) is 0 Å². The Labute approximate surface area is 168 Å². The number of para-hydroxylation sites is 1. The first-order valence-corrected chi connectivity index (χ1v) is 9.61. The summed E-state index contributed by atoms with van der Waals surface area (Å²) in [7, 11) is 0. The zero-order valence-electron chi connectivity index (χ0n) is 15.6. The molecule has 146 valence electrons. The zero-order valence-corrected chi connectivity index (χ0v) is 16.4. The second-order valence-corrected chi connectivity index (χ2v) is 7.34. The Balaban J connectivity index is 1.67. The number of hydrogen-bond acceptors (Lipinski definition) is 3. The van der Waals surface area contributed by atoms with E-state index in [1.807, 2.05) is 4.90 Å². The van der Waals surface area contributed by atoms with Gasteiger partial charge in [0, 0.05) is 18.7 Å². The molecule has 3 rings (SSSR count). The highest BCUT2D eigenvalue weighted by molar-refractivity contribution is 7.80. The van der Waals surface area contributed by atoms with Gasteiger partial charge in [0.25, 0.3) is 11.8 Å². The van der Waals surface area contributed by atoms with E-state index in [2.05, 4.69) is 17.6 Å². The number of anilines is 1. The lowest BCUT2D eigenvalue weighted by atomic mass is 9.98. The van der Waals surface area contributed by atoms with Crippen LogP contribution >= 0.6 is 12.2 Å². The highest BCUT2D eigenvalue weighted by atomic mass is 32.1. The quantitative estimate of drug-likeness (QED) is 0.771. The summed E-state index contributed by atoms with van der Waals surface area (Å²) in [6, 6.07) is 12.2. The van der Waals surface area contributed by atoms with Crippen LogP contribution in [0.15, 0.2) is 48.5 Å². The lowest BCUT2D eigenvalue weighted by molar-refractivity contribution is 0.0698. The second kappa shape index (κ2) is 8.93. The maximum atomic E-state index is 13.0. The number of thiocarbonyl (C=S) groups is 1. The minimum atomic E-state index is -0.452. The molecule has 0 unspecified atom stereocenters. The molecule has 28 heavy (non-hydrogen) atoms. The molecule has 1 heterocycles. The number of rotatable bonds is 3. The normalized spacial score (nSPS) is 14.4. The largest absolute Gasteiger partial charge is 0.339 e. The van der Waals surface area contributed by atoms with E-state index in [9.17, 15) is 14.0 Å². The maximum absolute atomic E-state index is 13.0. The first-order chi connectivity index (χ1) is 13.4. The van der Waals surface area contributed by atoms with Gasteiger partial charge >= 0.3 is 0 Å². The van der Waals surface area contributed by atoms with Crippen LogP contribution in [0.2, 0.25) is 0 Å². The van der Waals surface area contributed by atoms with Crippen LogP contribution in [0.25, 0.3) is 0 Å². The molecule has 0 bridgehead atoms. The zero-order chi connectivity index (χ0) is 20.1. The van der Waals surface area contributed by atoms with Gasteiger partial charge in [-0.15, -0.1) is 0 Å². The standard InChI is InChI=1S/C21H22FN3O2S/c1-14-10-12-25(13-11-14)20(27)17-4-2-3-5-18(17)23-21(28)24-19(26)15-6-8-16(22)9-7-15/h2-9,14H,10-13H2,1H3,(H2,23,24,26,28). The van der Waals surface area contributed by atoms with E-state index >= 15 is 0 Å². The lowest BCUT2D eigenvalue weighted by Crippen LogP contribution is -2.39. The van der Waals surface area contributed by atoms with Gasteiger partial charge in [0.15, 0.2) is 5.11 Å². The van der Waals surface area contributed by atoms with E-state index in [1.54, 1.807) is 24.3 Å². The van der Waals surface area contributed by atoms with Gasteiger partial charge < -0.3 is 10.2 Å². The first-order valence-electron chi connectivity index (χ1n) is 9.20. The molecule has 2 N–H and O–H groups in total. The molecular formula is C21H22FN3O2S. The molecule has 1 saturated heterocycles. The van der Waals surface area contributed by atoms with Crippen LogP contribution in [0.1, 0.15) is 40.5 Å². The van der Waals surface area contributed by atoms with Crippen LogP contribution in [0.4, 0.5) is 10.1 Å². The molecule has 1 aliphatic rings. The van der Waals surface area contributed by atoms with E-state index in [4.69, 9.17) is 12.2 Å². The summed E-state index contributed by atoms with van der Waals surface area (Å²) in [5.41, 5.74) is 1.34. The molecule has 0 spiro atoms. The molecule has 0 saturated carbocycles. The summed E-state index contributed by atoms with van der Waals surface area (Å²) < 4.78 is 13.0. The van der Waals surface area contributed by atoms with Crippen molar-refractivity contribution in [2.75, 3.05) is 18.4 Å². The monoisotopic (exact) mass is 399 g/mol. The first kappa shape index (κ1) is 19.9. The number of nitrogens with zero attached hydrogens (tertiary/aromatic N) is 1. The molecule has 0 aromatic heterocycles. The van der Waals surface area contributed by atoms with Gasteiger partial charge in [-0.3, -0.25) is 14.9 Å². The second-order valence-electron chi connectivity index (χ2n) is 6.94. The van der Waals surface area contributed by atoms with Gasteiger partial charge in [0.1, 0.15) is 5.82 Å². The minimum Gasteiger partial charge on any atom is -0.339 e.